The predicted octanol–water partition coefficient (Wildman–Crippen LogP) is 3.18. The molecule has 0 radical (unpaired) electrons. The van der Waals surface area contributed by atoms with Gasteiger partial charge in [-0.05, 0) is 26.0 Å². The highest BCUT2D eigenvalue weighted by molar-refractivity contribution is 7.17. The largest absolute Gasteiger partial charge is 0.445 e. The zero-order chi connectivity index (χ0) is 18.4. The van der Waals surface area contributed by atoms with E-state index in [1.807, 2.05) is 0 Å². The molecule has 0 saturated heterocycles. The first-order chi connectivity index (χ1) is 11.9. The fraction of sp³-hybridized carbons (Fsp3) is 0.312. The minimum absolute atomic E-state index is 0.0672. The van der Waals surface area contributed by atoms with Crippen molar-refractivity contribution in [1.29, 1.82) is 5.26 Å². The number of anilines is 1. The number of nitrogens with zero attached hydrogens (tertiary/aromatic N) is 3. The van der Waals surface area contributed by atoms with Gasteiger partial charge in [0.15, 0.2) is 5.13 Å². The zero-order valence-electron chi connectivity index (χ0n) is 13.7. The van der Waals surface area contributed by atoms with Crippen LogP contribution in [0.25, 0.3) is 0 Å². The van der Waals surface area contributed by atoms with E-state index < -0.39 is 11.9 Å². The zero-order valence-corrected chi connectivity index (χ0v) is 14.5. The molecule has 25 heavy (non-hydrogen) atoms. The van der Waals surface area contributed by atoms with Crippen LogP contribution in [0.4, 0.5) is 14.3 Å². The molecule has 9 heteroatoms. The summed E-state index contributed by atoms with van der Waals surface area (Å²) in [6.07, 6.45) is 0.772. The Kier molecular flexibility index (Phi) is 6.27. The van der Waals surface area contributed by atoms with Crippen molar-refractivity contribution in [2.24, 2.45) is 0 Å². The van der Waals surface area contributed by atoms with E-state index in [4.69, 9.17) is 10.00 Å². The number of carbonyl (C=O) groups excluding carboxylic acids is 1. The van der Waals surface area contributed by atoms with Gasteiger partial charge in [-0.1, -0.05) is 11.3 Å². The minimum atomic E-state index is -0.672. The number of rotatable bonds is 6. The van der Waals surface area contributed by atoms with Gasteiger partial charge in [0.05, 0.1) is 17.9 Å². The lowest BCUT2D eigenvalue weighted by Gasteiger charge is -2.21. The highest BCUT2D eigenvalue weighted by atomic mass is 32.1. The van der Waals surface area contributed by atoms with Crippen molar-refractivity contribution < 1.29 is 19.0 Å². The van der Waals surface area contributed by atoms with Gasteiger partial charge >= 0.3 is 6.03 Å². The molecule has 1 aromatic carbocycles. The van der Waals surface area contributed by atoms with Crippen LogP contribution in [-0.4, -0.2) is 40.2 Å². The first-order valence-electron chi connectivity index (χ1n) is 7.50. The number of halogens is 1. The van der Waals surface area contributed by atoms with Gasteiger partial charge in [0, 0.05) is 19.2 Å². The molecular formula is C16H17FN4O3S. The number of aromatic nitrogens is 1. The van der Waals surface area contributed by atoms with Gasteiger partial charge in [0.2, 0.25) is 5.06 Å². The van der Waals surface area contributed by atoms with Crippen molar-refractivity contribution in [3.05, 3.63) is 35.8 Å². The highest BCUT2D eigenvalue weighted by Crippen LogP contribution is 2.31. The summed E-state index contributed by atoms with van der Waals surface area (Å²) < 4.78 is 19.0. The lowest BCUT2D eigenvalue weighted by Crippen LogP contribution is -2.39. The first kappa shape index (κ1) is 18.6. The van der Waals surface area contributed by atoms with E-state index in [0.29, 0.717) is 16.7 Å². The summed E-state index contributed by atoms with van der Waals surface area (Å²) in [7, 11) is 0. The third kappa shape index (κ3) is 5.14. The average Bonchev–Trinajstić information content (AvgIpc) is 2.99. The molecule has 0 aliphatic heterocycles. The molecule has 0 bridgehead atoms. The normalized spacial score (nSPS) is 11.5. The SMILES string of the molecule is CCN(C[C@H](C)O)C(=O)Nc1ncc(Oc2ccc(C#N)c(F)c2)s1. The molecule has 1 heterocycles. The Morgan fingerprint density at radius 3 is 2.96 bits per heavy atom. The molecule has 2 aromatic rings. The van der Waals surface area contributed by atoms with Gasteiger partial charge in [-0.25, -0.2) is 14.2 Å². The number of nitrogens with one attached hydrogen (secondary N) is 1. The number of thiazole rings is 1. The number of nitriles is 1. The van der Waals surface area contributed by atoms with Crippen LogP contribution in [0.3, 0.4) is 0 Å². The van der Waals surface area contributed by atoms with Gasteiger partial charge < -0.3 is 14.7 Å². The van der Waals surface area contributed by atoms with Crippen LogP contribution in [0.15, 0.2) is 24.4 Å². The molecular weight excluding hydrogens is 347 g/mol. The Bertz CT molecular complexity index is 788. The molecule has 1 aromatic heterocycles. The Morgan fingerprint density at radius 2 is 2.36 bits per heavy atom. The van der Waals surface area contributed by atoms with Gasteiger partial charge in [0.25, 0.3) is 0 Å². The topological polar surface area (TPSA) is 98.5 Å². The predicted molar refractivity (Wildman–Crippen MR) is 91.2 cm³/mol. The van der Waals surface area contributed by atoms with Crippen LogP contribution in [0.5, 0.6) is 10.8 Å². The van der Waals surface area contributed by atoms with Crippen LogP contribution in [-0.2, 0) is 0 Å². The van der Waals surface area contributed by atoms with Crippen molar-refractivity contribution >= 4 is 22.5 Å². The molecule has 2 amide bonds. The number of aliphatic hydroxyl groups is 1. The molecule has 0 saturated carbocycles. The van der Waals surface area contributed by atoms with Crippen LogP contribution >= 0.6 is 11.3 Å². The molecule has 132 valence electrons. The van der Waals surface area contributed by atoms with Gasteiger partial charge in [-0.3, -0.25) is 5.32 Å². The monoisotopic (exact) mass is 364 g/mol. The number of likely N-dealkylation sites (N-methyl/N-ethyl adjacent to an activating group) is 1. The Hall–Kier alpha value is -2.70. The highest BCUT2D eigenvalue weighted by Gasteiger charge is 2.16. The van der Waals surface area contributed by atoms with Crippen LogP contribution in [0, 0.1) is 17.1 Å². The molecule has 0 aliphatic rings. The summed E-state index contributed by atoms with van der Waals surface area (Å²) in [6.45, 7) is 4.05. The molecule has 1 atom stereocenters. The van der Waals surface area contributed by atoms with Gasteiger partial charge in [-0.2, -0.15) is 5.26 Å². The van der Waals surface area contributed by atoms with E-state index in [-0.39, 0.29) is 23.9 Å². The van der Waals surface area contributed by atoms with Crippen molar-refractivity contribution in [2.45, 2.75) is 20.0 Å². The van der Waals surface area contributed by atoms with Gasteiger partial charge in [0.1, 0.15) is 17.6 Å². The summed E-state index contributed by atoms with van der Waals surface area (Å²) in [4.78, 5) is 17.6. The molecule has 0 unspecified atom stereocenters. The average molecular weight is 364 g/mol. The van der Waals surface area contributed by atoms with Crippen molar-refractivity contribution in [2.75, 3.05) is 18.4 Å². The number of carbonyl (C=O) groups is 1. The number of amides is 2. The summed E-state index contributed by atoms with van der Waals surface area (Å²) in [5.41, 5.74) is -0.0672. The molecule has 0 spiro atoms. The number of aliphatic hydroxyl groups excluding tert-OH is 1. The van der Waals surface area contributed by atoms with E-state index in [1.54, 1.807) is 19.9 Å². The Morgan fingerprint density at radius 1 is 1.60 bits per heavy atom. The lowest BCUT2D eigenvalue weighted by molar-refractivity contribution is 0.141. The summed E-state index contributed by atoms with van der Waals surface area (Å²) in [5.74, 6) is -0.447. The quantitative estimate of drug-likeness (QED) is 0.820. The third-order valence-electron chi connectivity index (χ3n) is 3.13. The van der Waals surface area contributed by atoms with E-state index in [1.165, 1.54) is 23.2 Å². The fourth-order valence-electron chi connectivity index (χ4n) is 1.98. The van der Waals surface area contributed by atoms with Crippen molar-refractivity contribution in [3.8, 4) is 16.9 Å². The molecule has 0 aliphatic carbocycles. The number of hydrogen-bond acceptors (Lipinski definition) is 6. The van der Waals surface area contributed by atoms with Gasteiger partial charge in [-0.15, -0.1) is 0 Å². The molecule has 2 N–H and O–H groups in total. The number of hydrogen-bond donors (Lipinski definition) is 2. The smallest absolute Gasteiger partial charge is 0.323 e. The number of ether oxygens (including phenoxy) is 1. The van der Waals surface area contributed by atoms with E-state index in [9.17, 15) is 14.3 Å². The van der Waals surface area contributed by atoms with E-state index in [0.717, 1.165) is 17.4 Å². The van der Waals surface area contributed by atoms with Crippen LogP contribution in [0.1, 0.15) is 19.4 Å². The first-order valence-corrected chi connectivity index (χ1v) is 8.32. The lowest BCUT2D eigenvalue weighted by atomic mass is 10.2. The summed E-state index contributed by atoms with van der Waals surface area (Å²) in [6, 6.07) is 5.26. The maximum absolute atomic E-state index is 13.6. The maximum Gasteiger partial charge on any atom is 0.323 e. The van der Waals surface area contributed by atoms with Crippen LogP contribution < -0.4 is 10.1 Å². The minimum Gasteiger partial charge on any atom is -0.445 e. The van der Waals surface area contributed by atoms with Crippen molar-refractivity contribution in [3.63, 3.8) is 0 Å². The second kappa shape index (κ2) is 8.41. The summed E-state index contributed by atoms with van der Waals surface area (Å²) in [5, 5.41) is 21.4. The third-order valence-corrected chi connectivity index (χ3v) is 3.92. The van der Waals surface area contributed by atoms with Crippen LogP contribution in [0.2, 0.25) is 0 Å². The second-order valence-corrected chi connectivity index (χ2v) is 6.15. The Balaban J connectivity index is 2.01. The second-order valence-electron chi connectivity index (χ2n) is 5.16. The molecule has 2 rings (SSSR count). The summed E-state index contributed by atoms with van der Waals surface area (Å²) >= 11 is 1.08. The number of benzene rings is 1. The van der Waals surface area contributed by atoms with E-state index >= 15 is 0 Å². The fourth-order valence-corrected chi connectivity index (χ4v) is 2.65. The van der Waals surface area contributed by atoms with E-state index in [2.05, 4.69) is 10.3 Å². The Labute approximate surface area is 148 Å². The standard InChI is InChI=1S/C16H17FN4O3S/c1-3-21(9-10(2)22)16(23)20-15-19-8-14(25-15)24-12-5-4-11(7-18)13(17)6-12/h4-6,8,10,22H,3,9H2,1-2H3,(H,19,20,23)/t10-/m0/s1. The maximum atomic E-state index is 13.6. The molecule has 0 fully saturated rings. The number of urea groups is 1. The van der Waals surface area contributed by atoms with Crippen molar-refractivity contribution in [1.82, 2.24) is 9.88 Å². The molecule has 7 nitrogen and oxygen atoms in total.